The van der Waals surface area contributed by atoms with E-state index < -0.39 is 21.3 Å². The quantitative estimate of drug-likeness (QED) is 0.173. The minimum Gasteiger partial charge on any atom is -1.00 e. The van der Waals surface area contributed by atoms with Gasteiger partial charge < -0.3 is 24.8 Å². The van der Waals surface area contributed by atoms with Crippen LogP contribution in [0, 0.1) is 7.14 Å². The summed E-state index contributed by atoms with van der Waals surface area (Å²) in [5.74, 6) is 0. The molecule has 5 heteroatoms. The summed E-state index contributed by atoms with van der Waals surface area (Å²) in [7, 11) is 0. The van der Waals surface area contributed by atoms with E-state index in [4.69, 9.17) is 0 Å². The third-order valence-corrected chi connectivity index (χ3v) is 18.4. The van der Waals surface area contributed by atoms with Gasteiger partial charge >= 0.3 is 285 Å². The SMILES string of the molecule is Ic1ccc([C](c2ccc(I)cc2)=[Zr+2]([C]2=CC=CC2)[CH]2c3ccccc3-c3c2c2ccccc2c2ccccc32)cc1.[Cl-].[Cl-]. The van der Waals surface area contributed by atoms with Gasteiger partial charge in [-0.2, -0.15) is 0 Å². The van der Waals surface area contributed by atoms with Crippen molar-refractivity contribution >= 4 is 69.9 Å². The predicted octanol–water partition coefficient (Wildman–Crippen LogP) is 5.01. The van der Waals surface area contributed by atoms with Crippen molar-refractivity contribution in [3.63, 3.8) is 0 Å². The molecule has 214 valence electrons. The fourth-order valence-corrected chi connectivity index (χ4v) is 16.9. The van der Waals surface area contributed by atoms with Gasteiger partial charge in [-0.25, -0.2) is 0 Å². The first kappa shape index (κ1) is 32.1. The average molecular weight is 911 g/mol. The standard InChI is InChI=1S/C21H13.C13H8I2.C5H5.2ClH.Zr/c1-2-8-15-14(7-1)13-20-18-11-4-3-9-16(18)17-10-5-6-12-19(17)21(15)20;14-12-5-1-10(2-6-12)9-11-3-7-13(15)8-4-11;1-2-4-5-3-1;;;/h1-13H;1-8H;1-3H,4H2;2*1H;/q;;;;;+2/p-2. The molecule has 1 atom stereocenters. The Bertz CT molecular complexity index is 2080. The van der Waals surface area contributed by atoms with Gasteiger partial charge in [-0.05, 0) is 0 Å². The number of hydrogen-bond donors (Lipinski definition) is 0. The molecule has 6 aromatic rings. The second kappa shape index (κ2) is 13.5. The first-order chi connectivity index (χ1) is 20.7. The molecule has 0 fully saturated rings. The molecule has 0 N–H and O–H groups in total. The number of rotatable bonds is 4. The number of halogens is 4. The fourth-order valence-electron chi connectivity index (χ4n) is 7.04. The summed E-state index contributed by atoms with van der Waals surface area (Å²) in [5.41, 5.74) is 8.73. The molecule has 0 amide bonds. The summed E-state index contributed by atoms with van der Waals surface area (Å²) in [4.78, 5) is 0. The average Bonchev–Trinajstić information content (AvgIpc) is 3.69. The van der Waals surface area contributed by atoms with Gasteiger partial charge in [-0.3, -0.25) is 0 Å². The Labute approximate surface area is 305 Å². The molecule has 2 aliphatic rings. The van der Waals surface area contributed by atoms with Gasteiger partial charge in [0.2, 0.25) is 0 Å². The van der Waals surface area contributed by atoms with Crippen LogP contribution < -0.4 is 24.8 Å². The van der Waals surface area contributed by atoms with E-state index >= 15 is 0 Å². The Morgan fingerprint density at radius 3 is 1.70 bits per heavy atom. The van der Waals surface area contributed by atoms with Crippen molar-refractivity contribution in [1.29, 1.82) is 0 Å². The summed E-state index contributed by atoms with van der Waals surface area (Å²) in [6.45, 7) is 0. The summed E-state index contributed by atoms with van der Waals surface area (Å²) >= 11 is 2.12. The minimum absolute atomic E-state index is 0. The van der Waals surface area contributed by atoms with Crippen molar-refractivity contribution < 1.29 is 46.1 Å². The zero-order valence-electron chi connectivity index (χ0n) is 23.6. The topological polar surface area (TPSA) is 0 Å². The van der Waals surface area contributed by atoms with Crippen molar-refractivity contribution in [3.05, 3.63) is 172 Å². The van der Waals surface area contributed by atoms with E-state index in [0.717, 1.165) is 6.42 Å². The molecule has 6 aromatic carbocycles. The number of allylic oxidation sites excluding steroid dienone is 4. The van der Waals surface area contributed by atoms with Crippen molar-refractivity contribution in [2.24, 2.45) is 0 Å². The number of hydrogen-bond acceptors (Lipinski definition) is 0. The van der Waals surface area contributed by atoms with E-state index in [1.807, 2.05) is 0 Å². The molecule has 0 saturated carbocycles. The van der Waals surface area contributed by atoms with E-state index in [2.05, 4.69) is 185 Å². The summed E-state index contributed by atoms with van der Waals surface area (Å²) < 4.78 is 6.21. The van der Waals surface area contributed by atoms with E-state index in [0.29, 0.717) is 3.63 Å². The molecule has 0 aliphatic heterocycles. The van der Waals surface area contributed by atoms with Crippen molar-refractivity contribution in [2.75, 3.05) is 0 Å². The Balaban J connectivity index is 0.00000171. The molecule has 0 aromatic heterocycles. The molecule has 2 aliphatic carbocycles. The van der Waals surface area contributed by atoms with E-state index in [1.54, 1.807) is 12.1 Å². The Morgan fingerprint density at radius 1 is 0.591 bits per heavy atom. The van der Waals surface area contributed by atoms with Crippen molar-refractivity contribution in [1.82, 2.24) is 0 Å². The maximum atomic E-state index is 2.47. The van der Waals surface area contributed by atoms with Gasteiger partial charge in [0.05, 0.1) is 0 Å². The van der Waals surface area contributed by atoms with Crippen LogP contribution in [0.3, 0.4) is 0 Å². The van der Waals surface area contributed by atoms with Crippen LogP contribution in [0.25, 0.3) is 32.7 Å². The molecule has 0 saturated heterocycles. The monoisotopic (exact) mass is 908 g/mol. The number of fused-ring (bicyclic) bond motifs is 8. The smallest absolute Gasteiger partial charge is 1.00 e. The first-order valence-corrected chi connectivity index (χ1v) is 20.4. The van der Waals surface area contributed by atoms with Gasteiger partial charge in [0.25, 0.3) is 0 Å². The van der Waals surface area contributed by atoms with Crippen LogP contribution >= 0.6 is 45.2 Å². The first-order valence-electron chi connectivity index (χ1n) is 14.3. The van der Waals surface area contributed by atoms with Crippen LogP contribution in [-0.2, 0) is 21.3 Å². The molecule has 44 heavy (non-hydrogen) atoms. The molecular formula is C39H26Cl2I2Zr. The maximum absolute atomic E-state index is 2.75. The van der Waals surface area contributed by atoms with Crippen molar-refractivity contribution in [3.8, 4) is 11.1 Å². The molecule has 0 radical (unpaired) electrons. The van der Waals surface area contributed by atoms with Crippen LogP contribution in [0.2, 0.25) is 0 Å². The second-order valence-corrected chi connectivity index (χ2v) is 19.8. The molecule has 8 rings (SSSR count). The summed E-state index contributed by atoms with van der Waals surface area (Å²) in [5, 5.41) is 5.53. The third-order valence-electron chi connectivity index (χ3n) is 8.74. The maximum Gasteiger partial charge on any atom is -1.00 e. The zero-order valence-corrected chi connectivity index (χ0v) is 31.9. The molecule has 0 spiro atoms. The third kappa shape index (κ3) is 5.45. The van der Waals surface area contributed by atoms with Gasteiger partial charge in [0.15, 0.2) is 0 Å². The largest absolute Gasteiger partial charge is 1.00 e. The number of benzene rings is 6. The molecule has 1 unspecified atom stereocenters. The van der Waals surface area contributed by atoms with E-state index in [1.165, 1.54) is 56.5 Å². The molecular weight excluding hydrogens is 884 g/mol. The second-order valence-electron chi connectivity index (χ2n) is 11.0. The van der Waals surface area contributed by atoms with Gasteiger partial charge in [0, 0.05) is 0 Å². The van der Waals surface area contributed by atoms with Crippen LogP contribution in [0.1, 0.15) is 32.3 Å². The Morgan fingerprint density at radius 2 is 1.11 bits per heavy atom. The summed E-state index contributed by atoms with van der Waals surface area (Å²) in [6.07, 6.45) is 8.20. The van der Waals surface area contributed by atoms with E-state index in [9.17, 15) is 0 Å². The van der Waals surface area contributed by atoms with Gasteiger partial charge in [-0.15, -0.1) is 0 Å². The van der Waals surface area contributed by atoms with Crippen molar-refractivity contribution in [2.45, 2.75) is 10.0 Å². The van der Waals surface area contributed by atoms with Crippen LogP contribution in [0.4, 0.5) is 0 Å². The van der Waals surface area contributed by atoms with Gasteiger partial charge in [0.1, 0.15) is 0 Å². The molecule has 0 heterocycles. The molecule has 0 nitrogen and oxygen atoms in total. The normalized spacial score (nSPS) is 14.2. The fraction of sp³-hybridized carbons (Fsp3) is 0.0513. The van der Waals surface area contributed by atoms with Crippen LogP contribution in [-0.4, -0.2) is 3.21 Å². The van der Waals surface area contributed by atoms with Gasteiger partial charge in [-0.1, -0.05) is 0 Å². The van der Waals surface area contributed by atoms with Crippen LogP contribution in [0.5, 0.6) is 0 Å². The predicted molar refractivity (Wildman–Crippen MR) is 192 cm³/mol. The zero-order chi connectivity index (χ0) is 28.2. The summed E-state index contributed by atoms with van der Waals surface area (Å²) in [6, 6.07) is 46.2. The van der Waals surface area contributed by atoms with Crippen LogP contribution in [0.15, 0.2) is 143 Å². The Kier molecular flexibility index (Phi) is 9.81. The molecule has 0 bridgehead atoms. The van der Waals surface area contributed by atoms with E-state index in [-0.39, 0.29) is 24.8 Å². The Hall–Kier alpha value is -1.89. The minimum atomic E-state index is -2.75.